The van der Waals surface area contributed by atoms with E-state index in [0.29, 0.717) is 13.3 Å². The van der Waals surface area contributed by atoms with Crippen LogP contribution < -0.4 is 5.46 Å². The molecule has 1 saturated heterocycles. The van der Waals surface area contributed by atoms with Gasteiger partial charge in [-0.3, -0.25) is 0 Å². The van der Waals surface area contributed by atoms with Crippen LogP contribution >= 0.6 is 0 Å². The summed E-state index contributed by atoms with van der Waals surface area (Å²) >= 11 is 0. The number of hydrogen-bond donors (Lipinski definition) is 0. The third-order valence-corrected chi connectivity index (χ3v) is 14.2. The number of aromatic nitrogens is 2. The average molecular weight is 519 g/mol. The van der Waals surface area contributed by atoms with Crippen molar-refractivity contribution in [3.05, 3.63) is 23.9 Å². The molecule has 0 unspecified atom stereocenters. The summed E-state index contributed by atoms with van der Waals surface area (Å²) in [4.78, 5) is 0. The highest BCUT2D eigenvalue weighted by atomic mass is 28.4. The van der Waals surface area contributed by atoms with Crippen LogP contribution in [-0.2, 0) is 31.8 Å². The van der Waals surface area contributed by atoms with Gasteiger partial charge < -0.3 is 18.5 Å². The highest BCUT2D eigenvalue weighted by Crippen LogP contribution is 2.39. The Balaban J connectivity index is 1.93. The van der Waals surface area contributed by atoms with Crippen LogP contribution in [0.3, 0.4) is 0 Å². The Bertz CT molecular complexity index is 1020. The Morgan fingerprint density at radius 3 is 2.14 bits per heavy atom. The maximum Gasteiger partial charge on any atom is 0.495 e. The lowest BCUT2D eigenvalue weighted by Gasteiger charge is -2.36. The van der Waals surface area contributed by atoms with Crippen molar-refractivity contribution in [3.63, 3.8) is 0 Å². The molecule has 1 aromatic heterocycles. The zero-order chi connectivity index (χ0) is 26.4. The van der Waals surface area contributed by atoms with E-state index >= 15 is 0 Å². The van der Waals surface area contributed by atoms with Gasteiger partial charge in [-0.1, -0.05) is 46.5 Å². The van der Waals surface area contributed by atoms with Crippen LogP contribution in [0.1, 0.15) is 54.0 Å². The molecule has 3 rings (SSSR count). The molecule has 0 bridgehead atoms. The van der Waals surface area contributed by atoms with Gasteiger partial charge in [-0.25, -0.2) is 4.68 Å². The molecule has 1 aliphatic rings. The quantitative estimate of drug-likeness (QED) is 0.294. The van der Waals surface area contributed by atoms with E-state index in [4.69, 9.17) is 18.5 Å². The van der Waals surface area contributed by atoms with E-state index in [1.165, 1.54) is 0 Å². The normalized spacial score (nSPS) is 18.6. The van der Waals surface area contributed by atoms with Crippen LogP contribution in [0.2, 0.25) is 43.8 Å². The molecule has 35 heavy (non-hydrogen) atoms. The van der Waals surface area contributed by atoms with E-state index in [-0.39, 0.29) is 5.04 Å². The van der Waals surface area contributed by atoms with Gasteiger partial charge in [0.05, 0.1) is 29.5 Å². The molecular weight excluding hydrogens is 471 g/mol. The topological polar surface area (TPSA) is 54.7 Å². The smallest absolute Gasteiger partial charge is 0.413 e. The van der Waals surface area contributed by atoms with Crippen molar-refractivity contribution in [2.24, 2.45) is 0 Å². The van der Waals surface area contributed by atoms with Crippen molar-refractivity contribution in [2.45, 2.75) is 117 Å². The summed E-state index contributed by atoms with van der Waals surface area (Å²) in [5.74, 6) is 0. The Morgan fingerprint density at radius 2 is 1.60 bits per heavy atom. The Labute approximate surface area is 215 Å². The number of ether oxygens (including phenoxy) is 1. The summed E-state index contributed by atoms with van der Waals surface area (Å²) in [6.45, 7) is 28.6. The Hall–Kier alpha value is -0.971. The molecule has 6 nitrogen and oxygen atoms in total. The van der Waals surface area contributed by atoms with Gasteiger partial charge in [0.15, 0.2) is 8.32 Å². The molecule has 0 atom stereocenters. The Morgan fingerprint density at radius 1 is 1.00 bits per heavy atom. The number of hydrogen-bond acceptors (Lipinski definition) is 5. The number of rotatable bonds is 9. The van der Waals surface area contributed by atoms with Crippen LogP contribution in [0.25, 0.3) is 10.9 Å². The van der Waals surface area contributed by atoms with Crippen LogP contribution in [0.15, 0.2) is 18.3 Å². The molecule has 0 N–H and O–H groups in total. The molecule has 0 amide bonds. The van der Waals surface area contributed by atoms with E-state index in [2.05, 4.69) is 98.4 Å². The van der Waals surface area contributed by atoms with E-state index < -0.39 is 34.7 Å². The zero-order valence-electron chi connectivity index (χ0n) is 24.2. The third kappa shape index (κ3) is 6.48. The minimum Gasteiger partial charge on any atom is -0.413 e. The summed E-state index contributed by atoms with van der Waals surface area (Å²) in [6.07, 6.45) is 1.91. The molecule has 2 heterocycles. The molecule has 0 aliphatic carbocycles. The minimum atomic E-state index is -1.94. The average Bonchev–Trinajstić information content (AvgIpc) is 3.17. The van der Waals surface area contributed by atoms with Crippen molar-refractivity contribution in [1.29, 1.82) is 0 Å². The van der Waals surface area contributed by atoms with Gasteiger partial charge in [-0.15, -0.1) is 0 Å². The maximum atomic E-state index is 6.66. The minimum absolute atomic E-state index is 0.133. The van der Waals surface area contributed by atoms with E-state index in [1.807, 2.05) is 10.9 Å². The monoisotopic (exact) mass is 518 g/mol. The maximum absolute atomic E-state index is 6.66. The van der Waals surface area contributed by atoms with Crippen molar-refractivity contribution >= 4 is 39.9 Å². The number of benzene rings is 1. The predicted molar refractivity (Wildman–Crippen MR) is 152 cm³/mol. The molecule has 9 heteroatoms. The van der Waals surface area contributed by atoms with E-state index in [1.54, 1.807) is 0 Å². The first-order valence-corrected chi connectivity index (χ1v) is 19.5. The highest BCUT2D eigenvalue weighted by molar-refractivity contribution is 6.76. The molecule has 1 aromatic carbocycles. The second-order valence-electron chi connectivity index (χ2n) is 13.7. The van der Waals surface area contributed by atoms with E-state index in [0.717, 1.165) is 34.6 Å². The molecule has 0 saturated carbocycles. The molecule has 1 fully saturated rings. The van der Waals surface area contributed by atoms with E-state index in [9.17, 15) is 0 Å². The van der Waals surface area contributed by atoms with Gasteiger partial charge in [0.1, 0.15) is 6.73 Å². The van der Waals surface area contributed by atoms with Gasteiger partial charge in [-0.2, -0.15) is 5.10 Å². The zero-order valence-corrected chi connectivity index (χ0v) is 26.2. The third-order valence-electron chi connectivity index (χ3n) is 8.01. The first-order chi connectivity index (χ1) is 15.8. The fourth-order valence-electron chi connectivity index (χ4n) is 3.61. The lowest BCUT2D eigenvalue weighted by atomic mass is 9.75. The summed E-state index contributed by atoms with van der Waals surface area (Å²) in [7, 11) is -3.51. The molecule has 196 valence electrons. The van der Waals surface area contributed by atoms with Crippen LogP contribution in [0.5, 0.6) is 0 Å². The van der Waals surface area contributed by atoms with Gasteiger partial charge in [0.2, 0.25) is 0 Å². The van der Waals surface area contributed by atoms with Gasteiger partial charge in [0.25, 0.3) is 0 Å². The molecular formula is C26H47BN2O4Si2. The molecule has 0 radical (unpaired) electrons. The largest absolute Gasteiger partial charge is 0.495 e. The lowest BCUT2D eigenvalue weighted by Crippen LogP contribution is -2.42. The fraction of sp³-hybridized carbons (Fsp3) is 0.731. The van der Waals surface area contributed by atoms with Crippen molar-refractivity contribution in [1.82, 2.24) is 9.78 Å². The summed E-state index contributed by atoms with van der Waals surface area (Å²) < 4.78 is 27.5. The summed E-state index contributed by atoms with van der Waals surface area (Å²) in [5.41, 5.74) is 2.35. The lowest BCUT2D eigenvalue weighted by molar-refractivity contribution is 0.00578. The van der Waals surface area contributed by atoms with Crippen molar-refractivity contribution in [2.75, 3.05) is 6.61 Å². The molecule has 1 aliphatic heterocycles. The summed E-state index contributed by atoms with van der Waals surface area (Å²) in [6, 6.07) is 5.50. The summed E-state index contributed by atoms with van der Waals surface area (Å²) in [5, 5.41) is 5.82. The van der Waals surface area contributed by atoms with Crippen molar-refractivity contribution in [3.8, 4) is 0 Å². The van der Waals surface area contributed by atoms with Crippen LogP contribution in [-0.4, -0.2) is 51.1 Å². The number of nitrogens with zero attached hydrogens (tertiary/aromatic N) is 2. The number of fused-ring (bicyclic) bond motifs is 1. The van der Waals surface area contributed by atoms with Crippen LogP contribution in [0, 0.1) is 0 Å². The van der Waals surface area contributed by atoms with Crippen LogP contribution in [0.4, 0.5) is 0 Å². The second-order valence-corrected chi connectivity index (χ2v) is 24.2. The molecule has 0 spiro atoms. The predicted octanol–water partition coefficient (Wildman–Crippen LogP) is 6.17. The second kappa shape index (κ2) is 9.72. The fourth-order valence-corrected chi connectivity index (χ4v) is 5.31. The first-order valence-electron chi connectivity index (χ1n) is 12.9. The SMILES string of the molecule is CC1(C)OB(c2cc3cnn(COCC[Si](C)(C)C)c3cc2CO[Si](C)(C)C(C)(C)C)OC1(C)C. The standard InChI is InChI=1S/C26H47BN2O4Si2/c1-24(2,3)35(11,12)31-18-21-16-23-20(17-28-29(23)19-30-13-14-34(8,9)10)15-22(21)27-32-25(4,5)26(6,7)33-27/h15-17H,13-14,18-19H2,1-12H3. The van der Waals surface area contributed by atoms with Gasteiger partial charge in [-0.05, 0) is 69.0 Å². The van der Waals surface area contributed by atoms with Crippen molar-refractivity contribution < 1.29 is 18.5 Å². The van der Waals surface area contributed by atoms with Gasteiger partial charge in [0, 0.05) is 20.1 Å². The van der Waals surface area contributed by atoms with Gasteiger partial charge >= 0.3 is 7.12 Å². The molecule has 2 aromatic rings. The Kier molecular flexibility index (Phi) is 7.95. The first kappa shape index (κ1) is 28.6. The highest BCUT2D eigenvalue weighted by Gasteiger charge is 2.52.